The number of carbonyl (C=O) groups excluding carboxylic acids is 2. The van der Waals surface area contributed by atoms with E-state index in [2.05, 4.69) is 16.0 Å². The van der Waals surface area contributed by atoms with Gasteiger partial charge in [-0.25, -0.2) is 4.79 Å². The molecule has 7 heteroatoms. The number of aliphatic carboxylic acids is 1. The third-order valence-electron chi connectivity index (χ3n) is 2.21. The van der Waals surface area contributed by atoms with E-state index in [9.17, 15) is 14.4 Å². The van der Waals surface area contributed by atoms with E-state index in [0.29, 0.717) is 0 Å². The molecule has 0 aromatic heterocycles. The molecule has 1 aliphatic rings. The standard InChI is InChI=1S/C10H17N3O4/c1-6(4-9(15)16)12-10(17)11-5-8(14)13-7-2-3-7/h6-7H,2-5H2,1H3,(H,13,14)(H,15,16)(H2,11,12,17). The van der Waals surface area contributed by atoms with Crippen LogP contribution < -0.4 is 16.0 Å². The van der Waals surface area contributed by atoms with Gasteiger partial charge in [-0.2, -0.15) is 0 Å². The summed E-state index contributed by atoms with van der Waals surface area (Å²) in [6.45, 7) is 1.49. The van der Waals surface area contributed by atoms with Gasteiger partial charge >= 0.3 is 12.0 Å². The minimum absolute atomic E-state index is 0.0951. The zero-order chi connectivity index (χ0) is 12.8. The van der Waals surface area contributed by atoms with Crippen LogP contribution in [0.15, 0.2) is 0 Å². The van der Waals surface area contributed by atoms with Crippen LogP contribution in [0.2, 0.25) is 0 Å². The van der Waals surface area contributed by atoms with Crippen LogP contribution in [0.4, 0.5) is 4.79 Å². The van der Waals surface area contributed by atoms with Gasteiger partial charge in [0, 0.05) is 12.1 Å². The zero-order valence-electron chi connectivity index (χ0n) is 9.66. The number of nitrogens with one attached hydrogen (secondary N) is 3. The van der Waals surface area contributed by atoms with Crippen LogP contribution in [-0.2, 0) is 9.59 Å². The highest BCUT2D eigenvalue weighted by Gasteiger charge is 2.23. The van der Waals surface area contributed by atoms with E-state index in [0.717, 1.165) is 12.8 Å². The Kier molecular flexibility index (Phi) is 4.74. The molecular weight excluding hydrogens is 226 g/mol. The van der Waals surface area contributed by atoms with Crippen LogP contribution in [0.5, 0.6) is 0 Å². The first-order valence-corrected chi connectivity index (χ1v) is 5.53. The normalized spacial score (nSPS) is 15.8. The number of hydrogen-bond acceptors (Lipinski definition) is 3. The van der Waals surface area contributed by atoms with Gasteiger partial charge in [0.05, 0.1) is 13.0 Å². The summed E-state index contributed by atoms with van der Waals surface area (Å²) in [5, 5.41) is 16.0. The second-order valence-corrected chi connectivity index (χ2v) is 4.17. The van der Waals surface area contributed by atoms with E-state index < -0.39 is 18.0 Å². The average molecular weight is 243 g/mol. The maximum atomic E-state index is 11.2. The van der Waals surface area contributed by atoms with E-state index in [4.69, 9.17) is 5.11 Å². The van der Waals surface area contributed by atoms with Gasteiger partial charge in [0.1, 0.15) is 0 Å². The Labute approximate surface area is 98.9 Å². The summed E-state index contributed by atoms with van der Waals surface area (Å²) < 4.78 is 0. The third kappa shape index (κ3) is 6.39. The fourth-order valence-corrected chi connectivity index (χ4v) is 1.25. The number of carboxylic acid groups (broad SMARTS) is 1. The molecule has 1 saturated carbocycles. The highest BCUT2D eigenvalue weighted by atomic mass is 16.4. The van der Waals surface area contributed by atoms with Gasteiger partial charge in [-0.05, 0) is 19.8 Å². The maximum absolute atomic E-state index is 11.2. The van der Waals surface area contributed by atoms with Crippen LogP contribution in [0.25, 0.3) is 0 Å². The first-order valence-electron chi connectivity index (χ1n) is 5.53. The number of urea groups is 1. The molecule has 1 unspecified atom stereocenters. The molecule has 0 saturated heterocycles. The van der Waals surface area contributed by atoms with Crippen LogP contribution in [0.3, 0.4) is 0 Å². The quantitative estimate of drug-likeness (QED) is 0.501. The Balaban J connectivity index is 2.10. The Hall–Kier alpha value is -1.79. The van der Waals surface area contributed by atoms with Crippen molar-refractivity contribution in [1.82, 2.24) is 16.0 Å². The van der Waals surface area contributed by atoms with Gasteiger partial charge in [-0.1, -0.05) is 0 Å². The lowest BCUT2D eigenvalue weighted by atomic mass is 10.2. The third-order valence-corrected chi connectivity index (χ3v) is 2.21. The molecule has 1 rings (SSSR count). The maximum Gasteiger partial charge on any atom is 0.315 e. The molecule has 1 atom stereocenters. The van der Waals surface area contributed by atoms with Gasteiger partial charge in [0.15, 0.2) is 0 Å². The van der Waals surface area contributed by atoms with Crippen molar-refractivity contribution in [3.05, 3.63) is 0 Å². The summed E-state index contributed by atoms with van der Waals surface area (Å²) in [6, 6.07) is -0.748. The molecule has 1 aliphatic carbocycles. The van der Waals surface area contributed by atoms with Crippen molar-refractivity contribution in [1.29, 1.82) is 0 Å². The molecule has 0 heterocycles. The highest BCUT2D eigenvalue weighted by Crippen LogP contribution is 2.18. The van der Waals surface area contributed by atoms with E-state index in [1.54, 1.807) is 6.92 Å². The molecule has 96 valence electrons. The van der Waals surface area contributed by atoms with Crippen LogP contribution in [0.1, 0.15) is 26.2 Å². The monoisotopic (exact) mass is 243 g/mol. The Morgan fingerprint density at radius 1 is 1.35 bits per heavy atom. The lowest BCUT2D eigenvalue weighted by Crippen LogP contribution is -2.45. The van der Waals surface area contributed by atoms with Crippen molar-refractivity contribution >= 4 is 17.9 Å². The van der Waals surface area contributed by atoms with Crippen molar-refractivity contribution in [2.45, 2.75) is 38.3 Å². The second-order valence-electron chi connectivity index (χ2n) is 4.17. The molecule has 0 aliphatic heterocycles. The molecule has 17 heavy (non-hydrogen) atoms. The van der Waals surface area contributed by atoms with Gasteiger partial charge in [-0.15, -0.1) is 0 Å². The van der Waals surface area contributed by atoms with Crippen molar-refractivity contribution in [2.75, 3.05) is 6.54 Å². The molecule has 4 N–H and O–H groups in total. The van der Waals surface area contributed by atoms with E-state index in [-0.39, 0.29) is 24.9 Å². The Morgan fingerprint density at radius 3 is 2.53 bits per heavy atom. The first kappa shape index (κ1) is 13.3. The van der Waals surface area contributed by atoms with Crippen molar-refractivity contribution < 1.29 is 19.5 Å². The van der Waals surface area contributed by atoms with Gasteiger partial charge < -0.3 is 21.1 Å². The minimum Gasteiger partial charge on any atom is -0.481 e. The number of hydrogen-bond donors (Lipinski definition) is 4. The Bertz CT molecular complexity index is 315. The molecule has 7 nitrogen and oxygen atoms in total. The molecule has 0 radical (unpaired) electrons. The summed E-state index contributed by atoms with van der Waals surface area (Å²) in [7, 11) is 0. The van der Waals surface area contributed by atoms with Crippen molar-refractivity contribution in [3.8, 4) is 0 Å². The summed E-state index contributed by atoms with van der Waals surface area (Å²) in [5.41, 5.74) is 0. The first-order chi connectivity index (χ1) is 7.97. The van der Waals surface area contributed by atoms with Crippen molar-refractivity contribution in [3.63, 3.8) is 0 Å². The van der Waals surface area contributed by atoms with Crippen LogP contribution in [0, 0.1) is 0 Å². The number of amides is 3. The number of carboxylic acids is 1. The summed E-state index contributed by atoms with van der Waals surface area (Å²) >= 11 is 0. The summed E-state index contributed by atoms with van der Waals surface area (Å²) in [6.07, 6.45) is 1.84. The predicted octanol–water partition coefficient (Wildman–Crippen LogP) is -0.573. The second kappa shape index (κ2) is 6.07. The highest BCUT2D eigenvalue weighted by molar-refractivity contribution is 5.84. The molecule has 3 amide bonds. The summed E-state index contributed by atoms with van der Waals surface area (Å²) in [4.78, 5) is 32.8. The Morgan fingerprint density at radius 2 is 2.00 bits per heavy atom. The molecule has 0 spiro atoms. The van der Waals surface area contributed by atoms with Gasteiger partial charge in [-0.3, -0.25) is 9.59 Å². The largest absolute Gasteiger partial charge is 0.481 e. The van der Waals surface area contributed by atoms with E-state index in [1.807, 2.05) is 0 Å². The summed E-state index contributed by atoms with van der Waals surface area (Å²) in [5.74, 6) is -1.21. The topological polar surface area (TPSA) is 108 Å². The zero-order valence-corrected chi connectivity index (χ0v) is 9.66. The lowest BCUT2D eigenvalue weighted by Gasteiger charge is -2.12. The van der Waals surface area contributed by atoms with Gasteiger partial charge in [0.2, 0.25) is 5.91 Å². The average Bonchev–Trinajstić information content (AvgIpc) is 2.97. The molecule has 0 aromatic rings. The fraction of sp³-hybridized carbons (Fsp3) is 0.700. The smallest absolute Gasteiger partial charge is 0.315 e. The van der Waals surface area contributed by atoms with Crippen LogP contribution >= 0.6 is 0 Å². The molecule has 1 fully saturated rings. The fourth-order valence-electron chi connectivity index (χ4n) is 1.25. The SMILES string of the molecule is CC(CC(=O)O)NC(=O)NCC(=O)NC1CC1. The number of rotatable bonds is 6. The van der Waals surface area contributed by atoms with E-state index in [1.165, 1.54) is 0 Å². The minimum atomic E-state index is -0.982. The molecule has 0 aromatic carbocycles. The van der Waals surface area contributed by atoms with Gasteiger partial charge in [0.25, 0.3) is 0 Å². The molecule has 0 bridgehead atoms. The predicted molar refractivity (Wildman–Crippen MR) is 59.4 cm³/mol. The number of carbonyl (C=O) groups is 3. The molecular formula is C10H17N3O4. The lowest BCUT2D eigenvalue weighted by molar-refractivity contribution is -0.137. The van der Waals surface area contributed by atoms with Crippen molar-refractivity contribution in [2.24, 2.45) is 0 Å². The van der Waals surface area contributed by atoms with Crippen LogP contribution in [-0.4, -0.2) is 41.6 Å². The van der Waals surface area contributed by atoms with E-state index >= 15 is 0 Å².